The summed E-state index contributed by atoms with van der Waals surface area (Å²) in [5, 5.41) is 16.8. The van der Waals surface area contributed by atoms with E-state index >= 15 is 0 Å². The Balaban J connectivity index is 1.93. The molecule has 2 aromatic rings. The van der Waals surface area contributed by atoms with E-state index in [9.17, 15) is 4.79 Å². The minimum atomic E-state index is -0.959. The van der Waals surface area contributed by atoms with E-state index in [1.54, 1.807) is 12.4 Å². The number of aromatic nitrogens is 3. The summed E-state index contributed by atoms with van der Waals surface area (Å²) in [5.74, 6) is -0.0448. The monoisotopic (exact) mass is 348 g/mol. The van der Waals surface area contributed by atoms with Gasteiger partial charge in [-0.25, -0.2) is 4.79 Å². The molecule has 0 radical (unpaired) electrons. The van der Waals surface area contributed by atoms with Crippen molar-refractivity contribution in [3.05, 3.63) is 46.5 Å². The van der Waals surface area contributed by atoms with Crippen LogP contribution in [0.4, 0.5) is 5.69 Å². The van der Waals surface area contributed by atoms with Gasteiger partial charge in [0, 0.05) is 29.3 Å². The van der Waals surface area contributed by atoms with Gasteiger partial charge in [-0.3, -0.25) is 0 Å². The molecule has 0 fully saturated rings. The Morgan fingerprint density at radius 3 is 3.05 bits per heavy atom. The van der Waals surface area contributed by atoms with Gasteiger partial charge < -0.3 is 14.6 Å². The van der Waals surface area contributed by atoms with Crippen LogP contribution in [0.1, 0.15) is 11.4 Å². The molecule has 6 nitrogen and oxygen atoms in total. The first kappa shape index (κ1) is 13.8. The molecular formula is C14H13BrN4O2. The topological polar surface area (TPSA) is 71.2 Å². The van der Waals surface area contributed by atoms with Crippen molar-refractivity contribution in [2.45, 2.75) is 13.1 Å². The van der Waals surface area contributed by atoms with Crippen molar-refractivity contribution in [2.75, 3.05) is 11.4 Å². The lowest BCUT2D eigenvalue weighted by atomic mass is 10.1. The van der Waals surface area contributed by atoms with Gasteiger partial charge in [0.15, 0.2) is 5.82 Å². The summed E-state index contributed by atoms with van der Waals surface area (Å²) in [7, 11) is 0. The second kappa shape index (κ2) is 5.69. The highest BCUT2D eigenvalue weighted by atomic mass is 79.9. The number of carboxylic acids is 1. The Morgan fingerprint density at radius 1 is 1.38 bits per heavy atom. The fraction of sp³-hybridized carbons (Fsp3) is 0.214. The lowest BCUT2D eigenvalue weighted by Crippen LogP contribution is -2.34. The summed E-state index contributed by atoms with van der Waals surface area (Å²) in [4.78, 5) is 12.9. The van der Waals surface area contributed by atoms with Crippen LogP contribution in [0.15, 0.2) is 35.1 Å². The highest BCUT2D eigenvalue weighted by Crippen LogP contribution is 2.28. The molecule has 1 aromatic heterocycles. The number of benzene rings is 1. The summed E-state index contributed by atoms with van der Waals surface area (Å²) < 4.78 is 2.94. The van der Waals surface area contributed by atoms with Crippen molar-refractivity contribution < 1.29 is 9.90 Å². The Bertz CT molecular complexity index is 711. The van der Waals surface area contributed by atoms with Crippen LogP contribution in [-0.2, 0) is 17.9 Å². The lowest BCUT2D eigenvalue weighted by Gasteiger charge is -2.30. The molecule has 3 rings (SSSR count). The van der Waals surface area contributed by atoms with Crippen LogP contribution in [0.2, 0.25) is 0 Å². The van der Waals surface area contributed by atoms with Gasteiger partial charge in [-0.05, 0) is 29.8 Å². The SMILES string of the molecule is O=C(O)/C=C/c1cc(Br)ccc1N1CCn2cnnc2C1. The summed E-state index contributed by atoms with van der Waals surface area (Å²) in [6, 6.07) is 5.85. The molecule has 0 atom stereocenters. The normalized spacial score (nSPS) is 14.4. The third-order valence-electron chi connectivity index (χ3n) is 3.37. The first-order valence-corrected chi connectivity index (χ1v) is 7.25. The molecule has 21 heavy (non-hydrogen) atoms. The van der Waals surface area contributed by atoms with Crippen molar-refractivity contribution in [3.63, 3.8) is 0 Å². The minimum absolute atomic E-state index is 0.662. The van der Waals surface area contributed by atoms with Gasteiger partial charge in [0.25, 0.3) is 0 Å². The summed E-state index contributed by atoms with van der Waals surface area (Å²) in [5.41, 5.74) is 1.85. The highest BCUT2D eigenvalue weighted by Gasteiger charge is 2.19. The Kier molecular flexibility index (Phi) is 3.74. The van der Waals surface area contributed by atoms with Gasteiger partial charge in [-0.1, -0.05) is 15.9 Å². The quantitative estimate of drug-likeness (QED) is 0.860. The van der Waals surface area contributed by atoms with Crippen LogP contribution >= 0.6 is 15.9 Å². The number of aliphatic carboxylic acids is 1. The van der Waals surface area contributed by atoms with E-state index in [4.69, 9.17) is 5.11 Å². The van der Waals surface area contributed by atoms with Crippen molar-refractivity contribution in [3.8, 4) is 0 Å². The molecule has 1 aliphatic rings. The zero-order valence-corrected chi connectivity index (χ0v) is 12.7. The van der Waals surface area contributed by atoms with E-state index in [0.29, 0.717) is 6.54 Å². The average molecular weight is 349 g/mol. The summed E-state index contributed by atoms with van der Waals surface area (Å²) in [6.07, 6.45) is 4.50. The molecule has 1 aliphatic heterocycles. The molecule has 108 valence electrons. The van der Waals surface area contributed by atoms with E-state index in [1.807, 2.05) is 22.8 Å². The molecule has 1 aromatic carbocycles. The largest absolute Gasteiger partial charge is 0.478 e. The molecule has 0 bridgehead atoms. The van der Waals surface area contributed by atoms with E-state index in [-0.39, 0.29) is 0 Å². The first-order chi connectivity index (χ1) is 10.1. The van der Waals surface area contributed by atoms with Crippen LogP contribution in [0, 0.1) is 0 Å². The molecule has 2 heterocycles. The molecule has 0 spiro atoms. The molecule has 0 aliphatic carbocycles. The van der Waals surface area contributed by atoms with E-state index in [2.05, 4.69) is 31.0 Å². The maximum atomic E-state index is 10.7. The third kappa shape index (κ3) is 2.97. The van der Waals surface area contributed by atoms with E-state index < -0.39 is 5.97 Å². The summed E-state index contributed by atoms with van der Waals surface area (Å²) in [6.45, 7) is 2.32. The van der Waals surface area contributed by atoms with Gasteiger partial charge in [0.2, 0.25) is 0 Å². The number of carbonyl (C=O) groups is 1. The smallest absolute Gasteiger partial charge is 0.328 e. The van der Waals surface area contributed by atoms with Crippen molar-refractivity contribution >= 4 is 33.7 Å². The number of rotatable bonds is 3. The fourth-order valence-electron chi connectivity index (χ4n) is 2.38. The number of anilines is 1. The van der Waals surface area contributed by atoms with Gasteiger partial charge >= 0.3 is 5.97 Å². The minimum Gasteiger partial charge on any atom is -0.478 e. The van der Waals surface area contributed by atoms with Crippen molar-refractivity contribution in [1.82, 2.24) is 14.8 Å². The predicted octanol–water partition coefficient (Wildman–Crippen LogP) is 2.16. The maximum absolute atomic E-state index is 10.7. The molecule has 0 amide bonds. The zero-order valence-electron chi connectivity index (χ0n) is 11.1. The van der Waals surface area contributed by atoms with E-state index in [1.165, 1.54) is 0 Å². The van der Waals surface area contributed by atoms with Gasteiger partial charge in [0.1, 0.15) is 6.33 Å². The van der Waals surface area contributed by atoms with Gasteiger partial charge in [-0.2, -0.15) is 0 Å². The molecule has 0 unspecified atom stereocenters. The summed E-state index contributed by atoms with van der Waals surface area (Å²) >= 11 is 3.42. The Labute approximate surface area is 129 Å². The van der Waals surface area contributed by atoms with Crippen LogP contribution in [0.5, 0.6) is 0 Å². The van der Waals surface area contributed by atoms with Gasteiger partial charge in [0.05, 0.1) is 6.54 Å². The molecule has 0 saturated carbocycles. The number of carboxylic acid groups (broad SMARTS) is 1. The van der Waals surface area contributed by atoms with Crippen molar-refractivity contribution in [1.29, 1.82) is 0 Å². The molecule has 7 heteroatoms. The first-order valence-electron chi connectivity index (χ1n) is 6.45. The van der Waals surface area contributed by atoms with Crippen LogP contribution < -0.4 is 4.90 Å². The number of hydrogen-bond acceptors (Lipinski definition) is 4. The van der Waals surface area contributed by atoms with Crippen LogP contribution in [-0.4, -0.2) is 32.4 Å². The number of hydrogen-bond donors (Lipinski definition) is 1. The second-order valence-electron chi connectivity index (χ2n) is 4.74. The van der Waals surface area contributed by atoms with Crippen LogP contribution in [0.25, 0.3) is 6.08 Å². The highest BCUT2D eigenvalue weighted by molar-refractivity contribution is 9.10. The number of nitrogens with zero attached hydrogens (tertiary/aromatic N) is 4. The molecule has 1 N–H and O–H groups in total. The average Bonchev–Trinajstić information content (AvgIpc) is 2.92. The molecule has 0 saturated heterocycles. The number of fused-ring (bicyclic) bond motifs is 1. The fourth-order valence-corrected chi connectivity index (χ4v) is 2.76. The number of halogens is 1. The Morgan fingerprint density at radius 2 is 2.24 bits per heavy atom. The Hall–Kier alpha value is -2.15. The van der Waals surface area contributed by atoms with Gasteiger partial charge in [-0.15, -0.1) is 10.2 Å². The lowest BCUT2D eigenvalue weighted by molar-refractivity contribution is -0.131. The van der Waals surface area contributed by atoms with E-state index in [0.717, 1.165) is 40.7 Å². The third-order valence-corrected chi connectivity index (χ3v) is 3.87. The predicted molar refractivity (Wildman–Crippen MR) is 81.9 cm³/mol. The zero-order chi connectivity index (χ0) is 14.8. The molecular weight excluding hydrogens is 336 g/mol. The maximum Gasteiger partial charge on any atom is 0.328 e. The van der Waals surface area contributed by atoms with Crippen molar-refractivity contribution in [2.24, 2.45) is 0 Å². The second-order valence-corrected chi connectivity index (χ2v) is 5.65. The van der Waals surface area contributed by atoms with Crippen LogP contribution in [0.3, 0.4) is 0 Å². The standard InChI is InChI=1S/C14H13BrN4O2/c15-11-2-3-12(10(7-11)1-4-14(20)21)18-5-6-19-9-16-17-13(19)8-18/h1-4,7,9H,5-6,8H2,(H,20,21)/b4-1+.